The highest BCUT2D eigenvalue weighted by atomic mass is 16.2. The van der Waals surface area contributed by atoms with Crippen molar-refractivity contribution in [3.63, 3.8) is 0 Å². The zero-order valence-electron chi connectivity index (χ0n) is 12.1. The van der Waals surface area contributed by atoms with Gasteiger partial charge in [0.1, 0.15) is 0 Å². The average Bonchev–Trinajstić information content (AvgIpc) is 2.44. The molecule has 0 heterocycles. The smallest absolute Gasteiger partial charge is 0.234 e. The van der Waals surface area contributed by atoms with Gasteiger partial charge in [0.25, 0.3) is 0 Å². The molecule has 2 aromatic carbocycles. The number of nitrogens with two attached hydrogens (primary N) is 1. The highest BCUT2D eigenvalue weighted by molar-refractivity contribution is 5.98. The molecule has 0 bridgehead atoms. The van der Waals surface area contributed by atoms with Gasteiger partial charge in [0, 0.05) is 11.4 Å². The van der Waals surface area contributed by atoms with Crippen LogP contribution >= 0.6 is 0 Å². The number of aryl methyl sites for hydroxylation is 1. The van der Waals surface area contributed by atoms with Gasteiger partial charge in [-0.1, -0.05) is 36.4 Å². The maximum absolute atomic E-state index is 12.5. The number of anilines is 2. The van der Waals surface area contributed by atoms with Gasteiger partial charge in [-0.15, -0.1) is 0 Å². The third-order valence-corrected chi connectivity index (χ3v) is 3.60. The van der Waals surface area contributed by atoms with E-state index in [-0.39, 0.29) is 5.91 Å². The van der Waals surface area contributed by atoms with E-state index in [4.69, 9.17) is 5.73 Å². The molecule has 0 aliphatic rings. The molecule has 20 heavy (non-hydrogen) atoms. The molecule has 0 atom stereocenters. The number of hydrogen-bond acceptors (Lipinski definition) is 2. The van der Waals surface area contributed by atoms with Crippen LogP contribution in [0.3, 0.4) is 0 Å². The lowest BCUT2D eigenvalue weighted by Crippen LogP contribution is -2.34. The van der Waals surface area contributed by atoms with E-state index in [0.29, 0.717) is 5.69 Å². The molecule has 2 rings (SSSR count). The Morgan fingerprint density at radius 2 is 1.75 bits per heavy atom. The van der Waals surface area contributed by atoms with Gasteiger partial charge in [-0.05, 0) is 44.0 Å². The number of rotatable bonds is 3. The molecule has 0 spiro atoms. The predicted octanol–water partition coefficient (Wildman–Crippen LogP) is 3.49. The van der Waals surface area contributed by atoms with E-state index < -0.39 is 5.41 Å². The molecule has 0 aromatic heterocycles. The second-order valence-corrected chi connectivity index (χ2v) is 5.52. The zero-order chi connectivity index (χ0) is 14.8. The first-order chi connectivity index (χ1) is 9.41. The van der Waals surface area contributed by atoms with Crippen LogP contribution in [0.1, 0.15) is 25.0 Å². The van der Waals surface area contributed by atoms with E-state index >= 15 is 0 Å². The highest BCUT2D eigenvalue weighted by Gasteiger charge is 2.29. The first-order valence-corrected chi connectivity index (χ1v) is 6.64. The summed E-state index contributed by atoms with van der Waals surface area (Å²) in [4.78, 5) is 12.5. The Morgan fingerprint density at radius 1 is 1.10 bits per heavy atom. The summed E-state index contributed by atoms with van der Waals surface area (Å²) in [7, 11) is 0. The maximum atomic E-state index is 12.5. The monoisotopic (exact) mass is 268 g/mol. The molecule has 0 radical (unpaired) electrons. The van der Waals surface area contributed by atoms with Crippen molar-refractivity contribution in [3.05, 3.63) is 59.7 Å². The van der Waals surface area contributed by atoms with Gasteiger partial charge >= 0.3 is 0 Å². The second kappa shape index (κ2) is 5.37. The van der Waals surface area contributed by atoms with Crippen molar-refractivity contribution >= 4 is 17.3 Å². The average molecular weight is 268 g/mol. The summed E-state index contributed by atoms with van der Waals surface area (Å²) in [6.45, 7) is 5.76. The molecule has 0 saturated carbocycles. The van der Waals surface area contributed by atoms with Gasteiger partial charge < -0.3 is 11.1 Å². The van der Waals surface area contributed by atoms with Gasteiger partial charge in [-0.25, -0.2) is 0 Å². The Balaban J connectivity index is 2.21. The largest absolute Gasteiger partial charge is 0.398 e. The molecule has 3 N–H and O–H groups in total. The van der Waals surface area contributed by atoms with Crippen molar-refractivity contribution in [3.8, 4) is 0 Å². The van der Waals surface area contributed by atoms with E-state index in [9.17, 15) is 4.79 Å². The fourth-order valence-electron chi connectivity index (χ4n) is 1.99. The normalized spacial score (nSPS) is 11.2. The Bertz CT molecular complexity index is 618. The van der Waals surface area contributed by atoms with Crippen LogP contribution in [0.2, 0.25) is 0 Å². The van der Waals surface area contributed by atoms with E-state index in [2.05, 4.69) is 5.32 Å². The van der Waals surface area contributed by atoms with Crippen LogP contribution < -0.4 is 11.1 Å². The number of hydrogen-bond donors (Lipinski definition) is 2. The minimum atomic E-state index is -0.596. The van der Waals surface area contributed by atoms with Gasteiger partial charge in [0.2, 0.25) is 5.91 Å². The molecule has 0 fully saturated rings. The summed E-state index contributed by atoms with van der Waals surface area (Å²) in [5.74, 6) is -0.0491. The lowest BCUT2D eigenvalue weighted by molar-refractivity contribution is -0.120. The van der Waals surface area contributed by atoms with Gasteiger partial charge in [-0.3, -0.25) is 4.79 Å². The number of amides is 1. The van der Waals surface area contributed by atoms with Crippen LogP contribution in [-0.2, 0) is 10.2 Å². The number of carbonyl (C=O) groups excluding carboxylic acids is 1. The maximum Gasteiger partial charge on any atom is 0.234 e. The number of carbonyl (C=O) groups is 1. The zero-order valence-corrected chi connectivity index (χ0v) is 12.1. The van der Waals surface area contributed by atoms with Crippen molar-refractivity contribution in [1.29, 1.82) is 0 Å². The lowest BCUT2D eigenvalue weighted by atomic mass is 9.83. The highest BCUT2D eigenvalue weighted by Crippen LogP contribution is 2.25. The van der Waals surface area contributed by atoms with Crippen LogP contribution in [0, 0.1) is 6.92 Å². The Kier molecular flexibility index (Phi) is 3.79. The van der Waals surface area contributed by atoms with Crippen LogP contribution in [0.15, 0.2) is 48.5 Å². The summed E-state index contributed by atoms with van der Waals surface area (Å²) >= 11 is 0. The number of benzene rings is 2. The van der Waals surface area contributed by atoms with Crippen molar-refractivity contribution in [2.45, 2.75) is 26.2 Å². The summed E-state index contributed by atoms with van der Waals surface area (Å²) in [5.41, 5.74) is 8.66. The third kappa shape index (κ3) is 2.82. The topological polar surface area (TPSA) is 55.1 Å². The minimum Gasteiger partial charge on any atom is -0.398 e. The van der Waals surface area contributed by atoms with Crippen LogP contribution in [0.25, 0.3) is 0 Å². The van der Waals surface area contributed by atoms with E-state index in [1.165, 1.54) is 0 Å². The number of nitrogens with one attached hydrogen (secondary N) is 1. The predicted molar refractivity (Wildman–Crippen MR) is 83.7 cm³/mol. The van der Waals surface area contributed by atoms with Crippen molar-refractivity contribution < 1.29 is 4.79 Å². The van der Waals surface area contributed by atoms with Crippen molar-refractivity contribution in [2.75, 3.05) is 11.1 Å². The summed E-state index contributed by atoms with van der Waals surface area (Å²) in [6, 6.07) is 15.3. The van der Waals surface area contributed by atoms with E-state index in [0.717, 1.165) is 16.8 Å². The van der Waals surface area contributed by atoms with Crippen LogP contribution in [0.4, 0.5) is 11.4 Å². The Morgan fingerprint density at radius 3 is 2.35 bits per heavy atom. The molecular formula is C17H20N2O. The number of nitrogen functional groups attached to an aromatic ring is 1. The first-order valence-electron chi connectivity index (χ1n) is 6.64. The standard InChI is InChI=1S/C17H20N2O/c1-12-9-10-14(11-15(12)18)19-16(20)17(2,3)13-7-5-4-6-8-13/h4-11H,18H2,1-3H3,(H,19,20). The molecule has 3 heteroatoms. The molecule has 1 amide bonds. The van der Waals surface area contributed by atoms with E-state index in [1.807, 2.05) is 63.2 Å². The van der Waals surface area contributed by atoms with Gasteiger partial charge in [0.05, 0.1) is 5.41 Å². The van der Waals surface area contributed by atoms with Crippen molar-refractivity contribution in [2.24, 2.45) is 0 Å². The van der Waals surface area contributed by atoms with Crippen LogP contribution in [0.5, 0.6) is 0 Å². The molecule has 2 aromatic rings. The van der Waals surface area contributed by atoms with E-state index in [1.54, 1.807) is 6.07 Å². The van der Waals surface area contributed by atoms with Gasteiger partial charge in [-0.2, -0.15) is 0 Å². The van der Waals surface area contributed by atoms with Crippen molar-refractivity contribution in [1.82, 2.24) is 0 Å². The molecular weight excluding hydrogens is 248 g/mol. The summed E-state index contributed by atoms with van der Waals surface area (Å²) < 4.78 is 0. The molecule has 0 aliphatic carbocycles. The SMILES string of the molecule is Cc1ccc(NC(=O)C(C)(C)c2ccccc2)cc1N. The molecule has 3 nitrogen and oxygen atoms in total. The molecule has 0 saturated heterocycles. The summed E-state index contributed by atoms with van der Waals surface area (Å²) in [5, 5.41) is 2.93. The van der Waals surface area contributed by atoms with Crippen LogP contribution in [-0.4, -0.2) is 5.91 Å². The molecule has 104 valence electrons. The fraction of sp³-hybridized carbons (Fsp3) is 0.235. The third-order valence-electron chi connectivity index (χ3n) is 3.60. The lowest BCUT2D eigenvalue weighted by Gasteiger charge is -2.24. The second-order valence-electron chi connectivity index (χ2n) is 5.52. The molecule has 0 aliphatic heterocycles. The summed E-state index contributed by atoms with van der Waals surface area (Å²) in [6.07, 6.45) is 0. The van der Waals surface area contributed by atoms with Gasteiger partial charge in [0.15, 0.2) is 0 Å². The molecule has 0 unspecified atom stereocenters. The fourth-order valence-corrected chi connectivity index (χ4v) is 1.99. The first kappa shape index (κ1) is 14.1. The Hall–Kier alpha value is -2.29. The quantitative estimate of drug-likeness (QED) is 0.837. The Labute approximate surface area is 119 Å². The minimum absolute atomic E-state index is 0.0491.